The molecule has 1 aromatic rings. The van der Waals surface area contributed by atoms with Crippen molar-refractivity contribution in [1.29, 1.82) is 0 Å². The maximum Gasteiger partial charge on any atom is 0.253 e. The SMILES string of the molecule is CCN(CC)S(=O)(=O)c1ccc(C(=O)N2CCN(CCN(C)C)CC2)cc1. The second kappa shape index (κ2) is 9.64. The highest BCUT2D eigenvalue weighted by Gasteiger charge is 2.24. The lowest BCUT2D eigenvalue weighted by molar-refractivity contribution is 0.0629. The van der Waals surface area contributed by atoms with Crippen LogP contribution in [-0.4, -0.2) is 99.8 Å². The van der Waals surface area contributed by atoms with Gasteiger partial charge >= 0.3 is 0 Å². The zero-order valence-electron chi connectivity index (χ0n) is 16.9. The number of likely N-dealkylation sites (N-methyl/N-ethyl adjacent to an activating group) is 1. The average molecular weight is 397 g/mol. The van der Waals surface area contributed by atoms with Crippen LogP contribution in [0.3, 0.4) is 0 Å². The number of nitrogens with zero attached hydrogens (tertiary/aromatic N) is 4. The smallest absolute Gasteiger partial charge is 0.253 e. The molecule has 0 bridgehead atoms. The average Bonchev–Trinajstić information content (AvgIpc) is 2.67. The fraction of sp³-hybridized carbons (Fsp3) is 0.632. The van der Waals surface area contributed by atoms with Crippen molar-refractivity contribution in [3.05, 3.63) is 29.8 Å². The minimum atomic E-state index is -3.49. The van der Waals surface area contributed by atoms with Crippen LogP contribution in [0.4, 0.5) is 0 Å². The molecule has 152 valence electrons. The van der Waals surface area contributed by atoms with Gasteiger partial charge in [-0.1, -0.05) is 13.8 Å². The van der Waals surface area contributed by atoms with E-state index in [1.807, 2.05) is 18.7 Å². The summed E-state index contributed by atoms with van der Waals surface area (Å²) in [7, 11) is 0.627. The van der Waals surface area contributed by atoms with Crippen LogP contribution in [-0.2, 0) is 10.0 Å². The number of piperazine rings is 1. The van der Waals surface area contributed by atoms with E-state index in [-0.39, 0.29) is 10.8 Å². The third-order valence-corrected chi connectivity index (χ3v) is 7.03. The summed E-state index contributed by atoms with van der Waals surface area (Å²) in [6, 6.07) is 6.32. The van der Waals surface area contributed by atoms with Crippen molar-refractivity contribution in [1.82, 2.24) is 19.0 Å². The van der Waals surface area contributed by atoms with Gasteiger partial charge in [0.05, 0.1) is 4.90 Å². The fourth-order valence-electron chi connectivity index (χ4n) is 3.18. The van der Waals surface area contributed by atoms with E-state index in [0.717, 1.165) is 26.2 Å². The lowest BCUT2D eigenvalue weighted by Gasteiger charge is -2.35. The van der Waals surface area contributed by atoms with Crippen LogP contribution in [0.5, 0.6) is 0 Å². The highest BCUT2D eigenvalue weighted by molar-refractivity contribution is 7.89. The Balaban J connectivity index is 1.98. The van der Waals surface area contributed by atoms with Gasteiger partial charge in [0, 0.05) is 57.9 Å². The Morgan fingerprint density at radius 3 is 2.04 bits per heavy atom. The molecule has 7 nitrogen and oxygen atoms in total. The molecular formula is C19H32N4O3S. The Morgan fingerprint density at radius 1 is 1.00 bits per heavy atom. The molecule has 1 aromatic carbocycles. The van der Waals surface area contributed by atoms with Gasteiger partial charge in [-0.15, -0.1) is 0 Å². The molecule has 0 atom stereocenters. The largest absolute Gasteiger partial charge is 0.336 e. The molecule has 1 saturated heterocycles. The molecule has 0 aliphatic carbocycles. The third-order valence-electron chi connectivity index (χ3n) is 4.97. The van der Waals surface area contributed by atoms with E-state index in [9.17, 15) is 13.2 Å². The molecule has 0 aromatic heterocycles. The van der Waals surface area contributed by atoms with Crippen LogP contribution in [0, 0.1) is 0 Å². The van der Waals surface area contributed by atoms with Gasteiger partial charge < -0.3 is 9.80 Å². The summed E-state index contributed by atoms with van der Waals surface area (Å²) in [5, 5.41) is 0. The Kier molecular flexibility index (Phi) is 7.79. The highest BCUT2D eigenvalue weighted by Crippen LogP contribution is 2.17. The van der Waals surface area contributed by atoms with Crippen molar-refractivity contribution in [2.24, 2.45) is 0 Å². The lowest BCUT2D eigenvalue weighted by Crippen LogP contribution is -2.49. The second-order valence-corrected chi connectivity index (χ2v) is 8.99. The number of hydrogen-bond acceptors (Lipinski definition) is 5. The van der Waals surface area contributed by atoms with E-state index in [1.54, 1.807) is 12.1 Å². The number of rotatable bonds is 8. The number of benzene rings is 1. The first-order chi connectivity index (χ1) is 12.8. The van der Waals surface area contributed by atoms with Gasteiger partial charge in [0.2, 0.25) is 10.0 Å². The first-order valence-corrected chi connectivity index (χ1v) is 11.0. The lowest BCUT2D eigenvalue weighted by atomic mass is 10.2. The van der Waals surface area contributed by atoms with Gasteiger partial charge in [-0.05, 0) is 38.4 Å². The molecule has 1 aliphatic heterocycles. The summed E-state index contributed by atoms with van der Waals surface area (Å²) in [6.45, 7) is 9.65. The van der Waals surface area contributed by atoms with E-state index < -0.39 is 10.0 Å². The molecule has 0 radical (unpaired) electrons. The minimum Gasteiger partial charge on any atom is -0.336 e. The molecule has 1 fully saturated rings. The van der Waals surface area contributed by atoms with Crippen LogP contribution in [0.1, 0.15) is 24.2 Å². The number of amides is 1. The van der Waals surface area contributed by atoms with Crippen molar-refractivity contribution in [3.63, 3.8) is 0 Å². The van der Waals surface area contributed by atoms with Gasteiger partial charge in [-0.25, -0.2) is 8.42 Å². The van der Waals surface area contributed by atoms with Gasteiger partial charge in [0.25, 0.3) is 5.91 Å². The normalized spacial score (nSPS) is 16.3. The first-order valence-electron chi connectivity index (χ1n) is 9.56. The molecule has 0 saturated carbocycles. The predicted octanol–water partition coefficient (Wildman–Crippen LogP) is 1.04. The summed E-state index contributed by atoms with van der Waals surface area (Å²) >= 11 is 0. The first kappa shape index (κ1) is 21.8. The standard InChI is InChI=1S/C19H32N4O3S/c1-5-23(6-2)27(25,26)18-9-7-17(8-10-18)19(24)22-15-13-21(14-16-22)12-11-20(3)4/h7-10H,5-6,11-16H2,1-4H3. The maximum absolute atomic E-state index is 12.7. The monoisotopic (exact) mass is 396 g/mol. The number of carbonyl (C=O) groups excluding carboxylic acids is 1. The van der Waals surface area contributed by atoms with Crippen molar-refractivity contribution in [2.75, 3.05) is 66.5 Å². The van der Waals surface area contributed by atoms with Crippen LogP contribution in [0.15, 0.2) is 29.2 Å². The second-order valence-electron chi connectivity index (χ2n) is 7.05. The summed E-state index contributed by atoms with van der Waals surface area (Å²) < 4.78 is 26.5. The van der Waals surface area contributed by atoms with Crippen LogP contribution in [0.2, 0.25) is 0 Å². The van der Waals surface area contributed by atoms with E-state index in [4.69, 9.17) is 0 Å². The Labute approximate surface area is 163 Å². The van der Waals surface area contributed by atoms with Crippen molar-refractivity contribution in [2.45, 2.75) is 18.7 Å². The van der Waals surface area contributed by atoms with E-state index >= 15 is 0 Å². The van der Waals surface area contributed by atoms with Gasteiger partial charge in [-0.3, -0.25) is 9.69 Å². The number of hydrogen-bond donors (Lipinski definition) is 0. The molecule has 1 heterocycles. The molecule has 0 unspecified atom stereocenters. The zero-order chi connectivity index (χ0) is 20.0. The molecule has 0 spiro atoms. The van der Waals surface area contributed by atoms with Crippen molar-refractivity contribution < 1.29 is 13.2 Å². The molecule has 2 rings (SSSR count). The molecule has 27 heavy (non-hydrogen) atoms. The van der Waals surface area contributed by atoms with Gasteiger partial charge in [0.15, 0.2) is 0 Å². The predicted molar refractivity (Wildman–Crippen MR) is 107 cm³/mol. The maximum atomic E-state index is 12.7. The van der Waals surface area contributed by atoms with E-state index in [0.29, 0.717) is 31.7 Å². The zero-order valence-corrected chi connectivity index (χ0v) is 17.7. The quantitative estimate of drug-likeness (QED) is 0.657. The highest BCUT2D eigenvalue weighted by atomic mass is 32.2. The van der Waals surface area contributed by atoms with Gasteiger partial charge in [-0.2, -0.15) is 4.31 Å². The topological polar surface area (TPSA) is 64.2 Å². The minimum absolute atomic E-state index is 0.0333. The molecule has 0 N–H and O–H groups in total. The van der Waals surface area contributed by atoms with Crippen molar-refractivity contribution >= 4 is 15.9 Å². The van der Waals surface area contributed by atoms with Gasteiger partial charge in [0.1, 0.15) is 0 Å². The Bertz CT molecular complexity index is 707. The summed E-state index contributed by atoms with van der Waals surface area (Å²) in [6.07, 6.45) is 0. The molecule has 1 amide bonds. The summed E-state index contributed by atoms with van der Waals surface area (Å²) in [5.74, 6) is -0.0333. The number of sulfonamides is 1. The van der Waals surface area contributed by atoms with E-state index in [1.165, 1.54) is 16.4 Å². The third kappa shape index (κ3) is 5.51. The number of carbonyl (C=O) groups is 1. The van der Waals surface area contributed by atoms with E-state index in [2.05, 4.69) is 23.9 Å². The molecule has 8 heteroatoms. The fourth-order valence-corrected chi connectivity index (χ4v) is 4.64. The van der Waals surface area contributed by atoms with Crippen LogP contribution < -0.4 is 0 Å². The van der Waals surface area contributed by atoms with Crippen LogP contribution >= 0.6 is 0 Å². The summed E-state index contributed by atoms with van der Waals surface area (Å²) in [5.41, 5.74) is 0.537. The Hall–Kier alpha value is -1.48. The van der Waals surface area contributed by atoms with Crippen LogP contribution in [0.25, 0.3) is 0 Å². The summed E-state index contributed by atoms with van der Waals surface area (Å²) in [4.78, 5) is 19.3. The molecule has 1 aliphatic rings. The Morgan fingerprint density at radius 2 is 1.56 bits per heavy atom. The molecular weight excluding hydrogens is 364 g/mol. The van der Waals surface area contributed by atoms with Crippen molar-refractivity contribution in [3.8, 4) is 0 Å².